The van der Waals surface area contributed by atoms with E-state index >= 15 is 0 Å². The van der Waals surface area contributed by atoms with Crippen molar-refractivity contribution in [3.05, 3.63) is 53.1 Å². The zero-order valence-electron chi connectivity index (χ0n) is 12.3. The number of halogens is 1. The zero-order chi connectivity index (χ0) is 15.9. The Kier molecular flexibility index (Phi) is 5.49. The van der Waals surface area contributed by atoms with E-state index in [1.165, 1.54) is 0 Å². The highest BCUT2D eigenvalue weighted by molar-refractivity contribution is 6.30. The molecule has 2 rings (SSSR count). The van der Waals surface area contributed by atoms with Crippen molar-refractivity contribution in [3.8, 4) is 11.5 Å². The Balaban J connectivity index is 1.98. The summed E-state index contributed by atoms with van der Waals surface area (Å²) < 4.78 is 15.6. The van der Waals surface area contributed by atoms with Gasteiger partial charge in [0.1, 0.15) is 18.1 Å². The number of amides is 1. The predicted molar refractivity (Wildman–Crippen MR) is 84.8 cm³/mol. The minimum absolute atomic E-state index is 0.0623. The third-order valence-electron chi connectivity index (χ3n) is 2.92. The van der Waals surface area contributed by atoms with Gasteiger partial charge in [-0.3, -0.25) is 5.32 Å². The lowest BCUT2D eigenvalue weighted by molar-refractivity contribution is 0.154. The summed E-state index contributed by atoms with van der Waals surface area (Å²) in [6.07, 6.45) is -0.577. The van der Waals surface area contributed by atoms with E-state index in [4.69, 9.17) is 25.8 Å². The van der Waals surface area contributed by atoms with Crippen LogP contribution in [-0.4, -0.2) is 20.3 Å². The van der Waals surface area contributed by atoms with Gasteiger partial charge in [0.25, 0.3) is 0 Å². The summed E-state index contributed by atoms with van der Waals surface area (Å²) in [5, 5.41) is 3.14. The molecule has 0 aliphatic rings. The number of benzene rings is 2. The molecular formula is C16H16ClNO4. The first-order valence-corrected chi connectivity index (χ1v) is 6.90. The van der Waals surface area contributed by atoms with Gasteiger partial charge in [-0.1, -0.05) is 17.7 Å². The van der Waals surface area contributed by atoms with Crippen molar-refractivity contribution in [1.29, 1.82) is 0 Å². The molecule has 0 aliphatic carbocycles. The molecule has 6 heteroatoms. The average Bonchev–Trinajstić information content (AvgIpc) is 2.52. The van der Waals surface area contributed by atoms with Crippen molar-refractivity contribution in [2.75, 3.05) is 19.5 Å². The first-order valence-electron chi connectivity index (χ1n) is 6.52. The lowest BCUT2D eigenvalue weighted by Crippen LogP contribution is -2.13. The van der Waals surface area contributed by atoms with Gasteiger partial charge in [-0.05, 0) is 36.4 Å². The zero-order valence-corrected chi connectivity index (χ0v) is 13.0. The van der Waals surface area contributed by atoms with E-state index in [-0.39, 0.29) is 6.61 Å². The average molecular weight is 322 g/mol. The van der Waals surface area contributed by atoms with Gasteiger partial charge >= 0.3 is 6.09 Å². The van der Waals surface area contributed by atoms with Crippen LogP contribution in [0.1, 0.15) is 5.56 Å². The molecule has 1 amide bonds. The van der Waals surface area contributed by atoms with Crippen LogP contribution in [0, 0.1) is 0 Å². The highest BCUT2D eigenvalue weighted by atomic mass is 35.5. The maximum atomic E-state index is 11.8. The summed E-state index contributed by atoms with van der Waals surface area (Å²) in [7, 11) is 3.12. The normalized spacial score (nSPS) is 9.95. The number of anilines is 1. The lowest BCUT2D eigenvalue weighted by atomic mass is 10.2. The number of carbonyl (C=O) groups excluding carboxylic acids is 1. The second-order valence-electron chi connectivity index (χ2n) is 4.39. The molecule has 5 nitrogen and oxygen atoms in total. The van der Waals surface area contributed by atoms with Gasteiger partial charge in [0.15, 0.2) is 0 Å². The molecule has 0 aliphatic heterocycles. The fourth-order valence-corrected chi connectivity index (χ4v) is 2.05. The Bertz CT molecular complexity index is 660. The van der Waals surface area contributed by atoms with Gasteiger partial charge in [-0.25, -0.2) is 4.79 Å². The second kappa shape index (κ2) is 7.56. The molecule has 0 saturated heterocycles. The van der Waals surface area contributed by atoms with Crippen LogP contribution in [0.4, 0.5) is 10.5 Å². The van der Waals surface area contributed by atoms with E-state index in [0.29, 0.717) is 27.8 Å². The first kappa shape index (κ1) is 16.0. The summed E-state index contributed by atoms with van der Waals surface area (Å²) in [5.74, 6) is 1.28. The Morgan fingerprint density at radius 1 is 1.14 bits per heavy atom. The van der Waals surface area contributed by atoms with Crippen molar-refractivity contribution in [3.63, 3.8) is 0 Å². The highest BCUT2D eigenvalue weighted by Gasteiger charge is 2.09. The van der Waals surface area contributed by atoms with Crippen LogP contribution in [0.3, 0.4) is 0 Å². The van der Waals surface area contributed by atoms with Gasteiger partial charge in [0.2, 0.25) is 0 Å². The number of ether oxygens (including phenoxy) is 3. The van der Waals surface area contributed by atoms with E-state index in [0.717, 1.165) is 0 Å². The van der Waals surface area contributed by atoms with Crippen LogP contribution in [0.5, 0.6) is 11.5 Å². The minimum atomic E-state index is -0.577. The molecule has 22 heavy (non-hydrogen) atoms. The molecule has 2 aromatic rings. The number of rotatable bonds is 5. The van der Waals surface area contributed by atoms with Crippen LogP contribution in [0.2, 0.25) is 5.02 Å². The van der Waals surface area contributed by atoms with Gasteiger partial charge < -0.3 is 14.2 Å². The summed E-state index contributed by atoms with van der Waals surface area (Å²) in [6.45, 7) is 0.0623. The first-order chi connectivity index (χ1) is 10.6. The summed E-state index contributed by atoms with van der Waals surface area (Å²) in [4.78, 5) is 11.8. The van der Waals surface area contributed by atoms with E-state index in [9.17, 15) is 4.79 Å². The molecule has 0 heterocycles. The largest absolute Gasteiger partial charge is 0.497 e. The van der Waals surface area contributed by atoms with Crippen molar-refractivity contribution in [1.82, 2.24) is 0 Å². The van der Waals surface area contributed by atoms with Crippen LogP contribution in [-0.2, 0) is 11.3 Å². The highest BCUT2D eigenvalue weighted by Crippen LogP contribution is 2.24. The monoisotopic (exact) mass is 321 g/mol. The Morgan fingerprint density at radius 2 is 1.95 bits per heavy atom. The van der Waals surface area contributed by atoms with Crippen molar-refractivity contribution in [2.24, 2.45) is 0 Å². The SMILES string of the molecule is COc1ccc(OC)c(COC(=O)Nc2cccc(Cl)c2)c1. The van der Waals surface area contributed by atoms with Crippen LogP contribution >= 0.6 is 11.6 Å². The van der Waals surface area contributed by atoms with Crippen molar-refractivity contribution < 1.29 is 19.0 Å². The number of hydrogen-bond donors (Lipinski definition) is 1. The van der Waals surface area contributed by atoms with Gasteiger partial charge in [-0.2, -0.15) is 0 Å². The maximum Gasteiger partial charge on any atom is 0.411 e. The molecule has 1 N–H and O–H groups in total. The molecule has 116 valence electrons. The van der Waals surface area contributed by atoms with E-state index in [1.807, 2.05) is 0 Å². The minimum Gasteiger partial charge on any atom is -0.497 e. The molecule has 2 aromatic carbocycles. The van der Waals surface area contributed by atoms with Crippen LogP contribution in [0.15, 0.2) is 42.5 Å². The molecular weight excluding hydrogens is 306 g/mol. The van der Waals surface area contributed by atoms with E-state index in [2.05, 4.69) is 5.32 Å². The quantitative estimate of drug-likeness (QED) is 0.900. The fraction of sp³-hybridized carbons (Fsp3) is 0.188. The predicted octanol–water partition coefficient (Wildman–Crippen LogP) is 4.11. The lowest BCUT2D eigenvalue weighted by Gasteiger charge is -2.11. The van der Waals surface area contributed by atoms with Crippen molar-refractivity contribution >= 4 is 23.4 Å². The summed E-state index contributed by atoms with van der Waals surface area (Å²) in [5.41, 5.74) is 1.28. The summed E-state index contributed by atoms with van der Waals surface area (Å²) >= 11 is 5.85. The standard InChI is InChI=1S/C16H16ClNO4/c1-20-14-6-7-15(21-2)11(8-14)10-22-16(19)18-13-5-3-4-12(17)9-13/h3-9H,10H2,1-2H3,(H,18,19). The van der Waals surface area contributed by atoms with Crippen LogP contribution in [0.25, 0.3) is 0 Å². The molecule has 0 unspecified atom stereocenters. The Hall–Kier alpha value is -2.40. The van der Waals surface area contributed by atoms with Gasteiger partial charge in [0, 0.05) is 16.3 Å². The van der Waals surface area contributed by atoms with Gasteiger partial charge in [0.05, 0.1) is 14.2 Å². The number of carbonyl (C=O) groups is 1. The third-order valence-corrected chi connectivity index (χ3v) is 3.15. The Morgan fingerprint density at radius 3 is 2.64 bits per heavy atom. The van der Waals surface area contributed by atoms with Crippen LogP contribution < -0.4 is 14.8 Å². The molecule has 0 saturated carbocycles. The maximum absolute atomic E-state index is 11.8. The van der Waals surface area contributed by atoms with Crippen molar-refractivity contribution in [2.45, 2.75) is 6.61 Å². The molecule has 0 radical (unpaired) electrons. The molecule has 0 atom stereocenters. The summed E-state index contributed by atoms with van der Waals surface area (Å²) in [6, 6.07) is 12.1. The topological polar surface area (TPSA) is 56.8 Å². The molecule has 0 bridgehead atoms. The second-order valence-corrected chi connectivity index (χ2v) is 4.83. The Labute approximate surface area is 133 Å². The molecule has 0 spiro atoms. The number of methoxy groups -OCH3 is 2. The van der Waals surface area contributed by atoms with Gasteiger partial charge in [-0.15, -0.1) is 0 Å². The smallest absolute Gasteiger partial charge is 0.411 e. The van der Waals surface area contributed by atoms with E-state index in [1.54, 1.807) is 56.7 Å². The number of hydrogen-bond acceptors (Lipinski definition) is 4. The van der Waals surface area contributed by atoms with E-state index < -0.39 is 6.09 Å². The third kappa shape index (κ3) is 4.30. The number of nitrogens with one attached hydrogen (secondary N) is 1. The fourth-order valence-electron chi connectivity index (χ4n) is 1.86. The molecule has 0 fully saturated rings. The molecule has 0 aromatic heterocycles.